The van der Waals surface area contributed by atoms with E-state index < -0.39 is 0 Å². The molecule has 0 saturated carbocycles. The van der Waals surface area contributed by atoms with Gasteiger partial charge in [-0.3, -0.25) is 9.48 Å². The molecule has 6 rings (SSSR count). The van der Waals surface area contributed by atoms with Gasteiger partial charge in [-0.25, -0.2) is 14.5 Å². The molecule has 182 valence electrons. The van der Waals surface area contributed by atoms with E-state index in [0.29, 0.717) is 24.5 Å². The molecule has 0 unspecified atom stereocenters. The van der Waals surface area contributed by atoms with Crippen molar-refractivity contribution in [1.82, 2.24) is 29.4 Å². The molecule has 10 nitrogen and oxygen atoms in total. The van der Waals surface area contributed by atoms with Gasteiger partial charge >= 0.3 is 0 Å². The van der Waals surface area contributed by atoms with Crippen molar-refractivity contribution in [3.8, 4) is 28.3 Å². The third-order valence-electron chi connectivity index (χ3n) is 6.55. The van der Waals surface area contributed by atoms with Gasteiger partial charge in [0.15, 0.2) is 0 Å². The number of carbonyl (C=O) groups is 1. The number of aryl methyl sites for hydroxylation is 2. The van der Waals surface area contributed by atoms with Crippen molar-refractivity contribution in [2.24, 2.45) is 13.0 Å². The van der Waals surface area contributed by atoms with Crippen LogP contribution in [0.15, 0.2) is 67.4 Å². The average molecular weight is 490 g/mol. The van der Waals surface area contributed by atoms with Gasteiger partial charge in [-0.2, -0.15) is 15.5 Å². The van der Waals surface area contributed by atoms with Crippen LogP contribution in [0.25, 0.3) is 27.8 Å². The molecule has 37 heavy (non-hydrogen) atoms. The lowest BCUT2D eigenvalue weighted by molar-refractivity contribution is -0.120. The lowest BCUT2D eigenvalue weighted by atomic mass is 9.98. The Kier molecular flexibility index (Phi) is 5.38. The summed E-state index contributed by atoms with van der Waals surface area (Å²) in [6.45, 7) is 3.07. The molecule has 0 aliphatic carbocycles. The van der Waals surface area contributed by atoms with E-state index in [1.165, 1.54) is 0 Å². The van der Waals surface area contributed by atoms with Gasteiger partial charge in [0.25, 0.3) is 0 Å². The molecule has 1 saturated heterocycles. The third-order valence-corrected chi connectivity index (χ3v) is 6.55. The van der Waals surface area contributed by atoms with Crippen LogP contribution in [0.1, 0.15) is 11.3 Å². The number of aromatic nitrogens is 6. The van der Waals surface area contributed by atoms with Crippen LogP contribution in [0, 0.1) is 24.2 Å². The molecule has 0 radical (unpaired) electrons. The Labute approximate surface area is 212 Å². The zero-order chi connectivity index (χ0) is 25.5. The molecule has 1 amide bonds. The maximum Gasteiger partial charge on any atom is 0.232 e. The van der Waals surface area contributed by atoms with Gasteiger partial charge in [-0.1, -0.05) is 6.07 Å². The van der Waals surface area contributed by atoms with Crippen molar-refractivity contribution in [3.05, 3.63) is 78.6 Å². The highest BCUT2D eigenvalue weighted by Crippen LogP contribution is 2.33. The summed E-state index contributed by atoms with van der Waals surface area (Å²) in [7, 11) is 1.87. The second-order valence-corrected chi connectivity index (χ2v) is 9.17. The highest BCUT2D eigenvalue weighted by molar-refractivity contribution is 5.93. The molecule has 5 aromatic heterocycles. The van der Waals surface area contributed by atoms with E-state index in [1.54, 1.807) is 33.9 Å². The summed E-state index contributed by atoms with van der Waals surface area (Å²) in [4.78, 5) is 23.7. The van der Waals surface area contributed by atoms with Gasteiger partial charge in [0.1, 0.15) is 17.7 Å². The summed E-state index contributed by atoms with van der Waals surface area (Å²) in [5, 5.41) is 21.2. The molecular weight excluding hydrogens is 466 g/mol. The first kappa shape index (κ1) is 22.4. The Morgan fingerprint density at radius 3 is 2.62 bits per heavy atom. The molecular formula is C27H23N9O. The second-order valence-electron chi connectivity index (χ2n) is 9.17. The van der Waals surface area contributed by atoms with Gasteiger partial charge in [0.2, 0.25) is 5.91 Å². The van der Waals surface area contributed by atoms with E-state index >= 15 is 0 Å². The van der Waals surface area contributed by atoms with Crippen LogP contribution in [-0.4, -0.2) is 48.4 Å². The van der Waals surface area contributed by atoms with Crippen LogP contribution < -0.4 is 10.2 Å². The first-order chi connectivity index (χ1) is 18.0. The van der Waals surface area contributed by atoms with E-state index in [0.717, 1.165) is 39.3 Å². The fraction of sp³-hybridized carbons (Fsp3) is 0.185. The number of amides is 1. The van der Waals surface area contributed by atoms with Crippen molar-refractivity contribution in [1.29, 1.82) is 5.26 Å². The lowest BCUT2D eigenvalue weighted by Crippen LogP contribution is -2.52. The Morgan fingerprint density at radius 1 is 1.05 bits per heavy atom. The molecule has 0 spiro atoms. The lowest BCUT2D eigenvalue weighted by Gasteiger charge is -2.39. The zero-order valence-electron chi connectivity index (χ0n) is 20.3. The van der Waals surface area contributed by atoms with E-state index in [2.05, 4.69) is 36.5 Å². The van der Waals surface area contributed by atoms with E-state index in [4.69, 9.17) is 0 Å². The maximum absolute atomic E-state index is 12.6. The average Bonchev–Trinajstić information content (AvgIpc) is 3.49. The number of nitrogens with zero attached hydrogens (tertiary/aromatic N) is 8. The summed E-state index contributed by atoms with van der Waals surface area (Å²) < 4.78 is 3.48. The van der Waals surface area contributed by atoms with Crippen molar-refractivity contribution in [2.75, 3.05) is 23.3 Å². The number of rotatable bonds is 5. The Morgan fingerprint density at radius 2 is 1.92 bits per heavy atom. The Hall–Kier alpha value is -5.04. The number of anilines is 2. The minimum Gasteiger partial charge on any atom is -0.355 e. The topological polar surface area (TPSA) is 117 Å². The SMILES string of the molecule is Cc1cccc(NC(=O)C2CN(c3ccc(-c4cc(-c5cnn(C)c5)cn5ncc(C#N)c45)cn3)C2)n1. The highest BCUT2D eigenvalue weighted by Gasteiger charge is 2.33. The quantitative estimate of drug-likeness (QED) is 0.402. The maximum atomic E-state index is 12.6. The van der Waals surface area contributed by atoms with E-state index in [9.17, 15) is 10.1 Å². The van der Waals surface area contributed by atoms with E-state index in [1.807, 2.05) is 56.7 Å². The zero-order valence-corrected chi connectivity index (χ0v) is 20.3. The molecule has 6 heterocycles. The highest BCUT2D eigenvalue weighted by atomic mass is 16.2. The van der Waals surface area contributed by atoms with Crippen LogP contribution in [0.5, 0.6) is 0 Å². The van der Waals surface area contributed by atoms with Crippen LogP contribution >= 0.6 is 0 Å². The molecule has 1 aliphatic rings. The fourth-order valence-electron chi connectivity index (χ4n) is 4.56. The first-order valence-corrected chi connectivity index (χ1v) is 11.8. The monoisotopic (exact) mass is 489 g/mol. The predicted molar refractivity (Wildman–Crippen MR) is 139 cm³/mol. The van der Waals surface area contributed by atoms with Crippen molar-refractivity contribution < 1.29 is 4.79 Å². The summed E-state index contributed by atoms with van der Waals surface area (Å²) in [6, 6.07) is 13.8. The Balaban J connectivity index is 1.23. The van der Waals surface area contributed by atoms with Crippen molar-refractivity contribution in [3.63, 3.8) is 0 Å². The van der Waals surface area contributed by atoms with Gasteiger partial charge in [-0.15, -0.1) is 0 Å². The number of fused-ring (bicyclic) bond motifs is 1. The van der Waals surface area contributed by atoms with Gasteiger partial charge in [-0.05, 0) is 37.3 Å². The molecule has 0 atom stereocenters. The number of nitriles is 1. The van der Waals surface area contributed by atoms with Crippen LogP contribution in [0.2, 0.25) is 0 Å². The van der Waals surface area contributed by atoms with Crippen LogP contribution in [0.3, 0.4) is 0 Å². The Bertz CT molecular complexity index is 1670. The third kappa shape index (κ3) is 4.16. The second kappa shape index (κ2) is 8.87. The number of nitrogens with one attached hydrogen (secondary N) is 1. The molecule has 0 bridgehead atoms. The van der Waals surface area contributed by atoms with Crippen LogP contribution in [0.4, 0.5) is 11.6 Å². The fourth-order valence-corrected chi connectivity index (χ4v) is 4.56. The molecule has 10 heteroatoms. The van der Waals surface area contributed by atoms with Crippen molar-refractivity contribution >= 4 is 23.1 Å². The summed E-state index contributed by atoms with van der Waals surface area (Å²) in [5.41, 5.74) is 5.71. The molecule has 0 aromatic carbocycles. The number of hydrogen-bond acceptors (Lipinski definition) is 7. The molecule has 1 aliphatic heterocycles. The number of pyridine rings is 3. The molecule has 1 N–H and O–H groups in total. The molecule has 1 fully saturated rings. The van der Waals surface area contributed by atoms with E-state index in [-0.39, 0.29) is 11.8 Å². The van der Waals surface area contributed by atoms with Gasteiger partial charge in [0, 0.05) is 66.7 Å². The summed E-state index contributed by atoms with van der Waals surface area (Å²) in [6.07, 6.45) is 9.01. The normalized spacial score (nSPS) is 13.4. The van der Waals surface area contributed by atoms with Crippen LogP contribution in [-0.2, 0) is 11.8 Å². The smallest absolute Gasteiger partial charge is 0.232 e. The van der Waals surface area contributed by atoms with Gasteiger partial charge < -0.3 is 10.2 Å². The largest absolute Gasteiger partial charge is 0.355 e. The molecule has 5 aromatic rings. The summed E-state index contributed by atoms with van der Waals surface area (Å²) >= 11 is 0. The minimum absolute atomic E-state index is 0.0367. The minimum atomic E-state index is -0.121. The van der Waals surface area contributed by atoms with Crippen molar-refractivity contribution in [2.45, 2.75) is 6.92 Å². The number of hydrogen-bond donors (Lipinski definition) is 1. The first-order valence-electron chi connectivity index (χ1n) is 11.8. The summed E-state index contributed by atoms with van der Waals surface area (Å²) in [5.74, 6) is 1.21. The predicted octanol–water partition coefficient (Wildman–Crippen LogP) is 3.45. The standard InChI is InChI=1S/C27H23N9O/c1-17-4-3-5-24(32-17)33-27(37)22-14-35(15-22)25-7-6-18(10-29-25)23-8-19(21-12-30-34(2)13-21)16-36-26(23)20(9-28)11-31-36/h3-8,10-13,16,22H,14-15H2,1-2H3,(H,32,33,37). The van der Waals surface area contributed by atoms with Gasteiger partial charge in [0.05, 0.1) is 29.4 Å². The number of carbonyl (C=O) groups excluding carboxylic acids is 1.